The van der Waals surface area contributed by atoms with Gasteiger partial charge in [0.1, 0.15) is 5.82 Å². The van der Waals surface area contributed by atoms with E-state index in [1.165, 1.54) is 0 Å². The van der Waals surface area contributed by atoms with E-state index in [0.29, 0.717) is 18.3 Å². The number of nitrogens with zero attached hydrogens (tertiary/aromatic N) is 2. The van der Waals surface area contributed by atoms with Gasteiger partial charge < -0.3 is 5.32 Å². The third-order valence-corrected chi connectivity index (χ3v) is 2.11. The van der Waals surface area contributed by atoms with Crippen molar-refractivity contribution < 1.29 is 4.79 Å². The van der Waals surface area contributed by atoms with Gasteiger partial charge in [0.25, 0.3) is 5.91 Å². The van der Waals surface area contributed by atoms with Gasteiger partial charge in [-0.15, -0.1) is 5.10 Å². The third kappa shape index (κ3) is 2.83. The fraction of sp³-hybridized carbons (Fsp3) is 0.667. The van der Waals surface area contributed by atoms with Gasteiger partial charge in [0.2, 0.25) is 5.82 Å². The molecule has 0 spiro atoms. The number of H-pyrrole nitrogens is 1. The molecule has 1 unspecified atom stereocenters. The molecule has 0 saturated heterocycles. The number of carbonyl (C=O) groups is 1. The van der Waals surface area contributed by atoms with E-state index in [0.717, 1.165) is 6.42 Å². The molecule has 0 aliphatic carbocycles. The zero-order chi connectivity index (χ0) is 10.6. The maximum atomic E-state index is 11.4. The van der Waals surface area contributed by atoms with Crippen LogP contribution in [0.1, 0.15) is 36.7 Å². The summed E-state index contributed by atoms with van der Waals surface area (Å²) in [6.45, 7) is 6.61. The number of carbonyl (C=O) groups excluding carboxylic acids is 1. The lowest BCUT2D eigenvalue weighted by molar-refractivity contribution is 0.0938. The van der Waals surface area contributed by atoms with Crippen LogP contribution in [0.4, 0.5) is 0 Å². The van der Waals surface area contributed by atoms with E-state index in [1.807, 2.05) is 0 Å². The van der Waals surface area contributed by atoms with Gasteiger partial charge in [0.05, 0.1) is 0 Å². The van der Waals surface area contributed by atoms with Crippen molar-refractivity contribution in [2.24, 2.45) is 5.92 Å². The van der Waals surface area contributed by atoms with Crippen LogP contribution < -0.4 is 5.32 Å². The Hall–Kier alpha value is -1.39. The predicted octanol–water partition coefficient (Wildman–Crippen LogP) is 0.889. The standard InChI is InChI=1S/C9H16N4O/c1-4-6(2)5-10-9(14)8-11-7(3)12-13-8/h6H,4-5H2,1-3H3,(H,10,14)(H,11,12,13). The first-order valence-electron chi connectivity index (χ1n) is 4.80. The highest BCUT2D eigenvalue weighted by atomic mass is 16.2. The van der Waals surface area contributed by atoms with E-state index >= 15 is 0 Å². The van der Waals surface area contributed by atoms with Crippen molar-refractivity contribution in [3.8, 4) is 0 Å². The molecule has 0 aliphatic heterocycles. The van der Waals surface area contributed by atoms with Crippen LogP contribution in [0.5, 0.6) is 0 Å². The fourth-order valence-electron chi connectivity index (χ4n) is 0.935. The molecule has 2 N–H and O–H groups in total. The van der Waals surface area contributed by atoms with Crippen LogP contribution in [-0.4, -0.2) is 27.6 Å². The highest BCUT2D eigenvalue weighted by Gasteiger charge is 2.11. The van der Waals surface area contributed by atoms with Crippen LogP contribution in [0.2, 0.25) is 0 Å². The minimum absolute atomic E-state index is 0.213. The van der Waals surface area contributed by atoms with Crippen molar-refractivity contribution in [3.05, 3.63) is 11.6 Å². The molecule has 14 heavy (non-hydrogen) atoms. The summed E-state index contributed by atoms with van der Waals surface area (Å²) < 4.78 is 0. The summed E-state index contributed by atoms with van der Waals surface area (Å²) >= 11 is 0. The van der Waals surface area contributed by atoms with Gasteiger partial charge >= 0.3 is 0 Å². The molecule has 1 heterocycles. The molecule has 1 aromatic rings. The van der Waals surface area contributed by atoms with E-state index < -0.39 is 0 Å². The van der Waals surface area contributed by atoms with Gasteiger partial charge in [0, 0.05) is 6.54 Å². The van der Waals surface area contributed by atoms with Crippen LogP contribution in [0.25, 0.3) is 0 Å². The van der Waals surface area contributed by atoms with E-state index in [1.54, 1.807) is 6.92 Å². The van der Waals surface area contributed by atoms with Crippen LogP contribution >= 0.6 is 0 Å². The molecule has 0 radical (unpaired) electrons. The lowest BCUT2D eigenvalue weighted by atomic mass is 10.1. The molecule has 5 nitrogen and oxygen atoms in total. The lowest BCUT2D eigenvalue weighted by Gasteiger charge is -2.07. The van der Waals surface area contributed by atoms with Gasteiger partial charge in [-0.1, -0.05) is 20.3 Å². The summed E-state index contributed by atoms with van der Waals surface area (Å²) in [4.78, 5) is 15.4. The Kier molecular flexibility index (Phi) is 3.62. The molecular formula is C9H16N4O. The smallest absolute Gasteiger partial charge is 0.290 e. The molecule has 0 fully saturated rings. The van der Waals surface area contributed by atoms with Gasteiger partial charge in [-0.3, -0.25) is 9.89 Å². The summed E-state index contributed by atoms with van der Waals surface area (Å²) in [6, 6.07) is 0. The molecule has 5 heteroatoms. The highest BCUT2D eigenvalue weighted by molar-refractivity contribution is 5.90. The number of aromatic nitrogens is 3. The van der Waals surface area contributed by atoms with Gasteiger partial charge in [-0.25, -0.2) is 4.98 Å². The summed E-state index contributed by atoms with van der Waals surface area (Å²) in [6.07, 6.45) is 1.05. The Morgan fingerprint density at radius 3 is 2.86 bits per heavy atom. The number of aromatic amines is 1. The molecule has 1 amide bonds. The normalized spacial score (nSPS) is 12.5. The van der Waals surface area contributed by atoms with Crippen LogP contribution in [-0.2, 0) is 0 Å². The van der Waals surface area contributed by atoms with Gasteiger partial charge in [-0.05, 0) is 12.8 Å². The van der Waals surface area contributed by atoms with Crippen molar-refractivity contribution >= 4 is 5.91 Å². The number of amides is 1. The first-order valence-corrected chi connectivity index (χ1v) is 4.80. The Labute approximate surface area is 83.3 Å². The zero-order valence-corrected chi connectivity index (χ0v) is 8.79. The average molecular weight is 196 g/mol. The molecular weight excluding hydrogens is 180 g/mol. The molecule has 0 aromatic carbocycles. The second-order valence-corrected chi connectivity index (χ2v) is 3.47. The predicted molar refractivity (Wildman–Crippen MR) is 52.9 cm³/mol. The number of hydrogen-bond donors (Lipinski definition) is 2. The molecule has 0 saturated carbocycles. The molecule has 0 aliphatic rings. The lowest BCUT2D eigenvalue weighted by Crippen LogP contribution is -2.28. The second kappa shape index (κ2) is 4.74. The van der Waals surface area contributed by atoms with Crippen molar-refractivity contribution in [2.45, 2.75) is 27.2 Å². The van der Waals surface area contributed by atoms with Crippen LogP contribution in [0.3, 0.4) is 0 Å². The summed E-state index contributed by atoms with van der Waals surface area (Å²) in [5, 5.41) is 9.18. The maximum Gasteiger partial charge on any atom is 0.290 e. The number of nitrogens with one attached hydrogen (secondary N) is 2. The number of hydrogen-bond acceptors (Lipinski definition) is 3. The van der Waals surface area contributed by atoms with Gasteiger partial charge in [0.15, 0.2) is 0 Å². The molecule has 1 atom stereocenters. The fourth-order valence-corrected chi connectivity index (χ4v) is 0.935. The van der Waals surface area contributed by atoms with Crippen molar-refractivity contribution in [1.82, 2.24) is 20.5 Å². The Balaban J connectivity index is 2.43. The van der Waals surface area contributed by atoms with E-state index in [-0.39, 0.29) is 11.7 Å². The highest BCUT2D eigenvalue weighted by Crippen LogP contribution is 1.98. The minimum Gasteiger partial charge on any atom is -0.349 e. The van der Waals surface area contributed by atoms with Crippen LogP contribution in [0.15, 0.2) is 0 Å². The second-order valence-electron chi connectivity index (χ2n) is 3.47. The molecule has 0 bridgehead atoms. The largest absolute Gasteiger partial charge is 0.349 e. The SMILES string of the molecule is CCC(C)CNC(=O)c1n[nH]c(C)n1. The Bertz CT molecular complexity index is 308. The van der Waals surface area contributed by atoms with E-state index in [4.69, 9.17) is 0 Å². The van der Waals surface area contributed by atoms with Crippen LogP contribution in [0, 0.1) is 12.8 Å². The first-order chi connectivity index (χ1) is 6.63. The topological polar surface area (TPSA) is 70.7 Å². The van der Waals surface area contributed by atoms with Crippen molar-refractivity contribution in [2.75, 3.05) is 6.54 Å². The number of rotatable bonds is 4. The molecule has 1 aromatic heterocycles. The van der Waals surface area contributed by atoms with E-state index in [2.05, 4.69) is 34.3 Å². The monoisotopic (exact) mass is 196 g/mol. The van der Waals surface area contributed by atoms with Crippen molar-refractivity contribution in [1.29, 1.82) is 0 Å². The molecule has 1 rings (SSSR count). The van der Waals surface area contributed by atoms with E-state index in [9.17, 15) is 4.79 Å². The number of aryl methyl sites for hydroxylation is 1. The van der Waals surface area contributed by atoms with Gasteiger partial charge in [-0.2, -0.15) is 0 Å². The summed E-state index contributed by atoms with van der Waals surface area (Å²) in [5.41, 5.74) is 0. The quantitative estimate of drug-likeness (QED) is 0.751. The minimum atomic E-state index is -0.213. The summed E-state index contributed by atoms with van der Waals surface area (Å²) in [5.74, 6) is 1.14. The zero-order valence-electron chi connectivity index (χ0n) is 8.79. The summed E-state index contributed by atoms with van der Waals surface area (Å²) in [7, 11) is 0. The first kappa shape index (κ1) is 10.7. The Morgan fingerprint density at radius 1 is 1.64 bits per heavy atom. The third-order valence-electron chi connectivity index (χ3n) is 2.11. The average Bonchev–Trinajstić information content (AvgIpc) is 2.60. The Morgan fingerprint density at radius 2 is 2.36 bits per heavy atom. The molecule has 78 valence electrons. The maximum absolute atomic E-state index is 11.4. The van der Waals surface area contributed by atoms with Crippen molar-refractivity contribution in [3.63, 3.8) is 0 Å².